The van der Waals surface area contributed by atoms with Gasteiger partial charge in [0.05, 0.1) is 23.5 Å². The zero-order valence-corrected chi connectivity index (χ0v) is 9.47. The molecule has 1 aromatic rings. The maximum Gasteiger partial charge on any atom is 0.311 e. The Bertz CT molecular complexity index is 501. The lowest BCUT2D eigenvalue weighted by atomic mass is 9.65. The van der Waals surface area contributed by atoms with E-state index < -0.39 is 10.3 Å². The van der Waals surface area contributed by atoms with Gasteiger partial charge in [-0.2, -0.15) is 5.26 Å². The monoisotopic (exact) mass is 232 g/mol. The van der Waals surface area contributed by atoms with Gasteiger partial charge in [0.15, 0.2) is 5.75 Å². The third-order valence-electron chi connectivity index (χ3n) is 3.35. The molecule has 1 fully saturated rings. The highest BCUT2D eigenvalue weighted by Crippen LogP contribution is 2.45. The molecule has 0 N–H and O–H groups in total. The Kier molecular flexibility index (Phi) is 2.72. The van der Waals surface area contributed by atoms with Crippen molar-refractivity contribution in [3.05, 3.63) is 33.9 Å². The summed E-state index contributed by atoms with van der Waals surface area (Å²) in [6, 6.07) is 7.04. The first-order valence-electron chi connectivity index (χ1n) is 5.37. The second-order valence-electron chi connectivity index (χ2n) is 4.19. The highest BCUT2D eigenvalue weighted by Gasteiger charge is 2.40. The molecule has 0 heterocycles. The number of ether oxygens (including phenoxy) is 1. The predicted octanol–water partition coefficient (Wildman–Crippen LogP) is 2.55. The molecule has 0 saturated heterocycles. The average molecular weight is 232 g/mol. The van der Waals surface area contributed by atoms with E-state index in [-0.39, 0.29) is 11.4 Å². The smallest absolute Gasteiger partial charge is 0.311 e. The highest BCUT2D eigenvalue weighted by molar-refractivity contribution is 5.52. The lowest BCUT2D eigenvalue weighted by Crippen LogP contribution is -2.32. The molecule has 1 aromatic carbocycles. The van der Waals surface area contributed by atoms with Crippen LogP contribution in [-0.2, 0) is 5.41 Å². The van der Waals surface area contributed by atoms with Gasteiger partial charge in [-0.05, 0) is 30.9 Å². The van der Waals surface area contributed by atoms with Crippen LogP contribution in [0.25, 0.3) is 0 Å². The second-order valence-corrected chi connectivity index (χ2v) is 4.19. The SMILES string of the molecule is COc1ccc(C2(C#N)CCC2)cc1[N+](=O)[O-]. The van der Waals surface area contributed by atoms with Crippen molar-refractivity contribution in [1.82, 2.24) is 0 Å². The number of nitrogens with zero attached hydrogens (tertiary/aromatic N) is 2. The standard InChI is InChI=1S/C12H12N2O3/c1-17-11-4-3-9(7-10(11)14(15)16)12(8-13)5-2-6-12/h3-4,7H,2,5-6H2,1H3. The molecule has 1 aliphatic rings. The summed E-state index contributed by atoms with van der Waals surface area (Å²) in [5.41, 5.74) is 0.113. The Labute approximate surface area is 98.8 Å². The fraction of sp³-hybridized carbons (Fsp3) is 0.417. The molecule has 0 bridgehead atoms. The van der Waals surface area contributed by atoms with Crippen molar-refractivity contribution in [2.45, 2.75) is 24.7 Å². The van der Waals surface area contributed by atoms with Crippen LogP contribution >= 0.6 is 0 Å². The molecule has 1 aliphatic carbocycles. The number of nitro benzene ring substituents is 1. The van der Waals surface area contributed by atoms with Crippen LogP contribution in [0.5, 0.6) is 5.75 Å². The Morgan fingerprint density at radius 1 is 1.53 bits per heavy atom. The second kappa shape index (κ2) is 4.06. The van der Waals surface area contributed by atoms with E-state index in [0.29, 0.717) is 0 Å². The normalized spacial score (nSPS) is 16.7. The van der Waals surface area contributed by atoms with Gasteiger partial charge in [-0.15, -0.1) is 0 Å². The Balaban J connectivity index is 2.48. The molecule has 2 rings (SSSR count). The summed E-state index contributed by atoms with van der Waals surface area (Å²) in [7, 11) is 1.39. The molecule has 88 valence electrons. The van der Waals surface area contributed by atoms with Crippen molar-refractivity contribution in [2.24, 2.45) is 0 Å². The van der Waals surface area contributed by atoms with Gasteiger partial charge >= 0.3 is 5.69 Å². The van der Waals surface area contributed by atoms with Crippen molar-refractivity contribution >= 4 is 5.69 Å². The zero-order chi connectivity index (χ0) is 12.5. The van der Waals surface area contributed by atoms with Crippen molar-refractivity contribution in [3.63, 3.8) is 0 Å². The molecule has 0 aromatic heterocycles. The minimum atomic E-state index is -0.531. The maximum absolute atomic E-state index is 10.9. The van der Waals surface area contributed by atoms with E-state index in [4.69, 9.17) is 4.74 Å². The quantitative estimate of drug-likeness (QED) is 0.592. The fourth-order valence-corrected chi connectivity index (χ4v) is 2.13. The number of hydrogen-bond acceptors (Lipinski definition) is 4. The van der Waals surface area contributed by atoms with E-state index in [1.165, 1.54) is 13.2 Å². The first kappa shape index (κ1) is 11.4. The fourth-order valence-electron chi connectivity index (χ4n) is 2.13. The number of hydrogen-bond donors (Lipinski definition) is 0. The van der Waals surface area contributed by atoms with Gasteiger partial charge in [0.1, 0.15) is 0 Å². The van der Waals surface area contributed by atoms with Gasteiger partial charge in [0.2, 0.25) is 0 Å². The minimum Gasteiger partial charge on any atom is -0.490 e. The summed E-state index contributed by atoms with van der Waals surface area (Å²) in [5, 5.41) is 20.1. The van der Waals surface area contributed by atoms with Crippen LogP contribution in [0.4, 0.5) is 5.69 Å². The topological polar surface area (TPSA) is 76.2 Å². The first-order valence-corrected chi connectivity index (χ1v) is 5.37. The van der Waals surface area contributed by atoms with Crippen LogP contribution in [-0.4, -0.2) is 12.0 Å². The van der Waals surface area contributed by atoms with Crippen LogP contribution in [0.3, 0.4) is 0 Å². The molecule has 5 heteroatoms. The van der Waals surface area contributed by atoms with Gasteiger partial charge in [-0.3, -0.25) is 10.1 Å². The predicted molar refractivity (Wildman–Crippen MR) is 60.8 cm³/mol. The van der Waals surface area contributed by atoms with E-state index in [9.17, 15) is 15.4 Å². The van der Waals surface area contributed by atoms with Crippen molar-refractivity contribution in [2.75, 3.05) is 7.11 Å². The molecule has 1 saturated carbocycles. The van der Waals surface area contributed by atoms with Crippen molar-refractivity contribution in [3.8, 4) is 11.8 Å². The molecular weight excluding hydrogens is 220 g/mol. The Hall–Kier alpha value is -2.09. The molecule has 0 radical (unpaired) electrons. The summed E-state index contributed by atoms with van der Waals surface area (Å²) < 4.78 is 4.94. The summed E-state index contributed by atoms with van der Waals surface area (Å²) in [5.74, 6) is 0.228. The lowest BCUT2D eigenvalue weighted by molar-refractivity contribution is -0.385. The number of nitriles is 1. The molecule has 0 unspecified atom stereocenters. The van der Waals surface area contributed by atoms with Crippen molar-refractivity contribution < 1.29 is 9.66 Å². The van der Waals surface area contributed by atoms with E-state index in [2.05, 4.69) is 6.07 Å². The maximum atomic E-state index is 10.9. The molecule has 0 aliphatic heterocycles. The molecule has 5 nitrogen and oxygen atoms in total. The third kappa shape index (κ3) is 1.72. The van der Waals surface area contributed by atoms with Crippen molar-refractivity contribution in [1.29, 1.82) is 5.26 Å². The largest absolute Gasteiger partial charge is 0.490 e. The molecular formula is C12H12N2O3. The zero-order valence-electron chi connectivity index (χ0n) is 9.47. The summed E-state index contributed by atoms with van der Waals surface area (Å²) in [6.45, 7) is 0. The summed E-state index contributed by atoms with van der Waals surface area (Å²) in [6.07, 6.45) is 2.54. The number of nitro groups is 1. The number of methoxy groups -OCH3 is 1. The van der Waals surface area contributed by atoms with Crippen LogP contribution in [0.15, 0.2) is 18.2 Å². The van der Waals surface area contributed by atoms with Gasteiger partial charge in [0.25, 0.3) is 0 Å². The lowest BCUT2D eigenvalue weighted by Gasteiger charge is -2.35. The van der Waals surface area contributed by atoms with E-state index in [1.54, 1.807) is 12.1 Å². The third-order valence-corrected chi connectivity index (χ3v) is 3.35. The van der Waals surface area contributed by atoms with E-state index >= 15 is 0 Å². The molecule has 0 amide bonds. The first-order chi connectivity index (χ1) is 8.13. The molecule has 17 heavy (non-hydrogen) atoms. The Morgan fingerprint density at radius 2 is 2.24 bits per heavy atom. The van der Waals surface area contributed by atoms with Gasteiger partial charge in [-0.25, -0.2) is 0 Å². The van der Waals surface area contributed by atoms with E-state index in [0.717, 1.165) is 24.8 Å². The Morgan fingerprint density at radius 3 is 2.65 bits per heavy atom. The number of rotatable bonds is 3. The van der Waals surface area contributed by atoms with Crippen LogP contribution in [0, 0.1) is 21.4 Å². The number of benzene rings is 1. The minimum absolute atomic E-state index is 0.0773. The van der Waals surface area contributed by atoms with Gasteiger partial charge < -0.3 is 4.74 Å². The average Bonchev–Trinajstić information content (AvgIpc) is 2.28. The van der Waals surface area contributed by atoms with Gasteiger partial charge in [-0.1, -0.05) is 6.07 Å². The summed E-state index contributed by atoms with van der Waals surface area (Å²) >= 11 is 0. The molecule has 0 atom stereocenters. The molecule has 0 spiro atoms. The van der Waals surface area contributed by atoms with E-state index in [1.807, 2.05) is 0 Å². The van der Waals surface area contributed by atoms with Gasteiger partial charge in [0, 0.05) is 6.07 Å². The highest BCUT2D eigenvalue weighted by atomic mass is 16.6. The van der Waals surface area contributed by atoms with Crippen LogP contribution in [0.2, 0.25) is 0 Å². The van der Waals surface area contributed by atoms with Crippen LogP contribution < -0.4 is 4.74 Å². The summed E-state index contributed by atoms with van der Waals surface area (Å²) in [4.78, 5) is 10.4. The van der Waals surface area contributed by atoms with Crippen LogP contribution in [0.1, 0.15) is 24.8 Å².